The fourth-order valence-corrected chi connectivity index (χ4v) is 3.80. The average Bonchev–Trinajstić information content (AvgIpc) is 2.70. The Morgan fingerprint density at radius 2 is 1.76 bits per heavy atom. The third-order valence-corrected chi connectivity index (χ3v) is 5.59. The minimum atomic E-state index is -3.83. The van der Waals surface area contributed by atoms with Crippen LogP contribution in [-0.2, 0) is 33.2 Å². The summed E-state index contributed by atoms with van der Waals surface area (Å²) in [6.07, 6.45) is 3.09. The van der Waals surface area contributed by atoms with Crippen LogP contribution in [0.1, 0.15) is 31.7 Å². The summed E-state index contributed by atoms with van der Waals surface area (Å²) in [6, 6.07) is 4.87. The van der Waals surface area contributed by atoms with E-state index in [1.54, 1.807) is 19.1 Å². The van der Waals surface area contributed by atoms with Crippen molar-refractivity contribution in [3.05, 3.63) is 23.8 Å². The van der Waals surface area contributed by atoms with Crippen molar-refractivity contribution in [2.24, 2.45) is 0 Å². The first-order valence-electron chi connectivity index (χ1n) is 10.0. The molecule has 1 saturated heterocycles. The molecule has 0 saturated carbocycles. The second kappa shape index (κ2) is 13.1. The molecule has 0 N–H and O–H groups in total. The summed E-state index contributed by atoms with van der Waals surface area (Å²) in [5.41, 5.74) is 0.894. The average molecular weight is 433 g/mol. The van der Waals surface area contributed by atoms with Gasteiger partial charge >= 0.3 is 10.1 Å². The minimum Gasteiger partial charge on any atom is -0.490 e. The van der Waals surface area contributed by atoms with Gasteiger partial charge in [0.15, 0.2) is 6.29 Å². The molecule has 1 aromatic rings. The maximum atomic E-state index is 12.2. The van der Waals surface area contributed by atoms with E-state index in [9.17, 15) is 8.42 Å². The van der Waals surface area contributed by atoms with Crippen LogP contribution >= 0.6 is 0 Å². The molecule has 1 atom stereocenters. The molecule has 0 aliphatic carbocycles. The molecule has 166 valence electrons. The first kappa shape index (κ1) is 24.0. The molecule has 0 amide bonds. The lowest BCUT2D eigenvalue weighted by molar-refractivity contribution is -0.169. The van der Waals surface area contributed by atoms with Crippen molar-refractivity contribution >= 4 is 10.1 Å². The third kappa shape index (κ3) is 8.98. The normalized spacial score (nSPS) is 17.4. The molecule has 8 nitrogen and oxygen atoms in total. The van der Waals surface area contributed by atoms with Crippen LogP contribution < -0.4 is 4.74 Å². The largest absolute Gasteiger partial charge is 0.490 e. The molecule has 0 spiro atoms. The lowest BCUT2D eigenvalue weighted by Gasteiger charge is -2.22. The lowest BCUT2D eigenvalue weighted by atomic mass is 10.2. The molecule has 1 aromatic carbocycles. The van der Waals surface area contributed by atoms with Crippen molar-refractivity contribution in [1.82, 2.24) is 0 Å². The van der Waals surface area contributed by atoms with Crippen LogP contribution in [0.15, 0.2) is 23.1 Å². The SMILES string of the molecule is CCOS(=O)(=O)c1ccc(C)cc1OCCOCCOCCOC1CCCCO1. The fourth-order valence-electron chi connectivity index (χ4n) is 2.77. The number of benzene rings is 1. The second-order valence-electron chi connectivity index (χ2n) is 6.55. The van der Waals surface area contributed by atoms with Crippen molar-refractivity contribution < 1.29 is 36.3 Å². The maximum absolute atomic E-state index is 12.2. The van der Waals surface area contributed by atoms with Gasteiger partial charge < -0.3 is 23.7 Å². The summed E-state index contributed by atoms with van der Waals surface area (Å²) in [5.74, 6) is 0.264. The van der Waals surface area contributed by atoms with E-state index >= 15 is 0 Å². The van der Waals surface area contributed by atoms with Crippen molar-refractivity contribution in [3.8, 4) is 5.75 Å². The van der Waals surface area contributed by atoms with Crippen molar-refractivity contribution in [2.45, 2.75) is 44.3 Å². The van der Waals surface area contributed by atoms with E-state index in [0.717, 1.165) is 31.4 Å². The molecule has 0 radical (unpaired) electrons. The quantitative estimate of drug-likeness (QED) is 0.327. The van der Waals surface area contributed by atoms with Gasteiger partial charge in [0.25, 0.3) is 0 Å². The highest BCUT2D eigenvalue weighted by Crippen LogP contribution is 2.26. The molecule has 1 unspecified atom stereocenters. The highest BCUT2D eigenvalue weighted by molar-refractivity contribution is 7.86. The number of aryl methyl sites for hydroxylation is 1. The number of rotatable bonds is 14. The Bertz CT molecular complexity index is 686. The van der Waals surface area contributed by atoms with Gasteiger partial charge in [0.2, 0.25) is 0 Å². The fraction of sp³-hybridized carbons (Fsp3) is 0.700. The zero-order valence-electron chi connectivity index (χ0n) is 17.3. The van der Waals surface area contributed by atoms with Crippen molar-refractivity contribution in [3.63, 3.8) is 0 Å². The van der Waals surface area contributed by atoms with E-state index in [-0.39, 0.29) is 30.1 Å². The standard InChI is InChI=1S/C20H32O8S/c1-3-28-29(21,22)19-8-7-17(2)16-18(19)25-14-12-23-10-11-24-13-15-27-20-6-4-5-9-26-20/h7-8,16,20H,3-6,9-15H2,1-2H3. The smallest absolute Gasteiger partial charge is 0.300 e. The third-order valence-electron chi connectivity index (χ3n) is 4.17. The van der Waals surface area contributed by atoms with E-state index < -0.39 is 10.1 Å². The van der Waals surface area contributed by atoms with E-state index in [2.05, 4.69) is 0 Å². The van der Waals surface area contributed by atoms with E-state index in [1.807, 2.05) is 6.92 Å². The molecule has 1 aliphatic rings. The summed E-state index contributed by atoms with van der Waals surface area (Å²) in [5, 5.41) is 0. The van der Waals surface area contributed by atoms with E-state index in [4.69, 9.17) is 27.9 Å². The molecule has 29 heavy (non-hydrogen) atoms. The van der Waals surface area contributed by atoms with Gasteiger partial charge in [0.05, 0.1) is 39.6 Å². The Morgan fingerprint density at radius 1 is 1.03 bits per heavy atom. The predicted octanol–water partition coefficient (Wildman–Crippen LogP) is 2.68. The van der Waals surface area contributed by atoms with Crippen LogP contribution in [-0.4, -0.2) is 67.6 Å². The molecular weight excluding hydrogens is 400 g/mol. The van der Waals surface area contributed by atoms with Gasteiger partial charge in [-0.05, 0) is 50.8 Å². The monoisotopic (exact) mass is 432 g/mol. The topological polar surface area (TPSA) is 89.5 Å². The van der Waals surface area contributed by atoms with Gasteiger partial charge in [-0.3, -0.25) is 4.18 Å². The van der Waals surface area contributed by atoms with Gasteiger partial charge in [-0.25, -0.2) is 0 Å². The summed E-state index contributed by atoms with van der Waals surface area (Å²) >= 11 is 0. The molecule has 2 rings (SSSR count). The molecule has 9 heteroatoms. The van der Waals surface area contributed by atoms with E-state index in [0.29, 0.717) is 33.0 Å². The van der Waals surface area contributed by atoms with Crippen molar-refractivity contribution in [2.75, 3.05) is 52.9 Å². The molecule has 0 aromatic heterocycles. The predicted molar refractivity (Wildman–Crippen MR) is 107 cm³/mol. The lowest BCUT2D eigenvalue weighted by Crippen LogP contribution is -2.24. The highest BCUT2D eigenvalue weighted by Gasteiger charge is 2.20. The van der Waals surface area contributed by atoms with Gasteiger partial charge in [-0.2, -0.15) is 8.42 Å². The second-order valence-corrected chi connectivity index (χ2v) is 8.13. The Labute approximate surface area is 173 Å². The van der Waals surface area contributed by atoms with Gasteiger partial charge in [-0.15, -0.1) is 0 Å². The van der Waals surface area contributed by atoms with E-state index in [1.165, 1.54) is 6.07 Å². The zero-order chi connectivity index (χ0) is 21.0. The van der Waals surface area contributed by atoms with Crippen LogP contribution in [0.4, 0.5) is 0 Å². The molecule has 1 aliphatic heterocycles. The first-order chi connectivity index (χ1) is 14.0. The highest BCUT2D eigenvalue weighted by atomic mass is 32.2. The van der Waals surface area contributed by atoms with Crippen molar-refractivity contribution in [1.29, 1.82) is 0 Å². The van der Waals surface area contributed by atoms with Gasteiger partial charge in [0, 0.05) is 6.61 Å². The summed E-state index contributed by atoms with van der Waals surface area (Å²) in [6.45, 7) is 6.71. The summed E-state index contributed by atoms with van der Waals surface area (Å²) in [7, 11) is -3.83. The van der Waals surface area contributed by atoms with Crippen LogP contribution in [0.3, 0.4) is 0 Å². The molecule has 0 bridgehead atoms. The molecule has 1 fully saturated rings. The van der Waals surface area contributed by atoms with Crippen LogP contribution in [0, 0.1) is 6.92 Å². The Balaban J connectivity index is 1.58. The zero-order valence-corrected chi connectivity index (χ0v) is 18.1. The maximum Gasteiger partial charge on any atom is 0.300 e. The van der Waals surface area contributed by atoms with Crippen LogP contribution in [0.2, 0.25) is 0 Å². The van der Waals surface area contributed by atoms with Gasteiger partial charge in [-0.1, -0.05) is 6.07 Å². The molecule has 1 heterocycles. The number of hydrogen-bond acceptors (Lipinski definition) is 8. The Kier molecular flexibility index (Phi) is 10.9. The first-order valence-corrected chi connectivity index (χ1v) is 11.5. The van der Waals surface area contributed by atoms with Crippen LogP contribution in [0.5, 0.6) is 5.75 Å². The number of hydrogen-bond donors (Lipinski definition) is 0. The van der Waals surface area contributed by atoms with Gasteiger partial charge in [0.1, 0.15) is 17.3 Å². The van der Waals surface area contributed by atoms with Crippen LogP contribution in [0.25, 0.3) is 0 Å². The minimum absolute atomic E-state index is 0.0234. The number of ether oxygens (including phenoxy) is 5. The summed E-state index contributed by atoms with van der Waals surface area (Å²) < 4.78 is 56.7. The Hall–Kier alpha value is -1.23. The Morgan fingerprint density at radius 3 is 2.45 bits per heavy atom. The summed E-state index contributed by atoms with van der Waals surface area (Å²) in [4.78, 5) is 0.0234. The molecular formula is C20H32O8S.